The molecule has 0 saturated heterocycles. The number of nitrogens with one attached hydrogen (secondary N) is 1. The molecule has 8 N–H and O–H groups in total. The largest absolute Gasteiger partial charge is 0.477 e. The number of aliphatic carboxylic acids is 1. The lowest BCUT2D eigenvalue weighted by Crippen LogP contribution is -2.36. The molecule has 0 aliphatic rings. The molecule has 74 valence electrons. The summed E-state index contributed by atoms with van der Waals surface area (Å²) in [6.45, 7) is -0.0603. The Bertz CT molecular complexity index is 237. The van der Waals surface area contributed by atoms with Crippen molar-refractivity contribution in [3.8, 4) is 0 Å². The summed E-state index contributed by atoms with van der Waals surface area (Å²) in [6, 6.07) is -0.916. The number of carbonyl (C=O) groups is 1. The molecule has 0 radical (unpaired) electrons. The van der Waals surface area contributed by atoms with Crippen LogP contribution in [0.15, 0.2) is 4.99 Å². The van der Waals surface area contributed by atoms with Crippen LogP contribution in [-0.4, -0.2) is 41.8 Å². The Morgan fingerprint density at radius 1 is 1.54 bits per heavy atom. The fourth-order valence-electron chi connectivity index (χ4n) is 0.631. The molecule has 13 heavy (non-hydrogen) atoms. The average Bonchev–Trinajstić information content (AvgIpc) is 2.12. The molecule has 1 atom stereocenters. The van der Waals surface area contributed by atoms with E-state index in [0.717, 1.165) is 0 Å². The number of nitrogens with two attached hydrogens (primary N) is 3. The number of amidine groups is 1. The highest BCUT2D eigenvalue weighted by molar-refractivity contribution is 6.36. The Morgan fingerprint density at radius 2 is 2.08 bits per heavy atom. The summed E-state index contributed by atoms with van der Waals surface area (Å²) in [6.07, 6.45) is 0. The summed E-state index contributed by atoms with van der Waals surface area (Å²) in [7, 11) is 0. The van der Waals surface area contributed by atoms with E-state index in [-0.39, 0.29) is 18.9 Å². The molecule has 0 heterocycles. The van der Waals surface area contributed by atoms with Gasteiger partial charge in [0.05, 0.1) is 6.54 Å². The molecule has 0 amide bonds. The van der Waals surface area contributed by atoms with Crippen molar-refractivity contribution in [3.05, 3.63) is 0 Å². The van der Waals surface area contributed by atoms with E-state index in [1.54, 1.807) is 0 Å². The second-order valence-electron chi connectivity index (χ2n) is 2.29. The van der Waals surface area contributed by atoms with Crippen LogP contribution in [0.3, 0.4) is 0 Å². The van der Waals surface area contributed by atoms with Gasteiger partial charge >= 0.3 is 5.97 Å². The van der Waals surface area contributed by atoms with Gasteiger partial charge in [0.15, 0.2) is 0 Å². The standard InChI is InChI=1S/C6H13N5O2/c7-1-3(5(10)6(12)13)11-4(9)2-8/h3,10H,1-2,7-8H2,(H2,9,11)(H,12,13). The van der Waals surface area contributed by atoms with Crippen LogP contribution in [-0.2, 0) is 4.79 Å². The number of hydrogen-bond donors (Lipinski definition) is 5. The molecule has 0 aromatic heterocycles. The van der Waals surface area contributed by atoms with E-state index < -0.39 is 17.7 Å². The molecular weight excluding hydrogens is 174 g/mol. The maximum Gasteiger partial charge on any atom is 0.351 e. The van der Waals surface area contributed by atoms with E-state index in [4.69, 9.17) is 27.7 Å². The molecule has 0 aromatic carbocycles. The third kappa shape index (κ3) is 3.63. The minimum absolute atomic E-state index is 0.0173. The summed E-state index contributed by atoms with van der Waals surface area (Å²) in [5.74, 6) is -1.27. The molecule has 7 heteroatoms. The highest BCUT2D eigenvalue weighted by atomic mass is 16.4. The van der Waals surface area contributed by atoms with Crippen LogP contribution in [0.25, 0.3) is 0 Å². The van der Waals surface area contributed by atoms with Gasteiger partial charge in [-0.1, -0.05) is 0 Å². The van der Waals surface area contributed by atoms with Gasteiger partial charge < -0.3 is 22.3 Å². The predicted octanol–water partition coefficient (Wildman–Crippen LogP) is -2.27. The summed E-state index contributed by atoms with van der Waals surface area (Å²) in [5.41, 5.74) is 15.0. The summed E-state index contributed by atoms with van der Waals surface area (Å²) < 4.78 is 0. The van der Waals surface area contributed by atoms with Gasteiger partial charge in [-0.25, -0.2) is 4.79 Å². The highest BCUT2D eigenvalue weighted by Gasteiger charge is 2.18. The van der Waals surface area contributed by atoms with E-state index in [0.29, 0.717) is 0 Å². The first-order valence-electron chi connectivity index (χ1n) is 3.57. The monoisotopic (exact) mass is 187 g/mol. The predicted molar refractivity (Wildman–Crippen MR) is 48.9 cm³/mol. The van der Waals surface area contributed by atoms with Gasteiger partial charge in [0, 0.05) is 6.54 Å². The topological polar surface area (TPSA) is 152 Å². The molecule has 0 spiro atoms. The Kier molecular flexibility index (Phi) is 4.63. The SMILES string of the molecule is N=C(C(=O)O)C(CN)N=C(N)CN. The Morgan fingerprint density at radius 3 is 2.38 bits per heavy atom. The molecule has 1 unspecified atom stereocenters. The minimum Gasteiger partial charge on any atom is -0.477 e. The van der Waals surface area contributed by atoms with E-state index in [9.17, 15) is 4.79 Å². The van der Waals surface area contributed by atoms with Crippen LogP contribution in [0.1, 0.15) is 0 Å². The zero-order valence-electron chi connectivity index (χ0n) is 7.03. The van der Waals surface area contributed by atoms with Gasteiger partial charge in [-0.2, -0.15) is 0 Å². The molecule has 0 rings (SSSR count). The lowest BCUT2D eigenvalue weighted by Gasteiger charge is -2.08. The molecular formula is C6H13N5O2. The second kappa shape index (κ2) is 5.22. The van der Waals surface area contributed by atoms with Crippen molar-refractivity contribution in [1.29, 1.82) is 5.41 Å². The highest BCUT2D eigenvalue weighted by Crippen LogP contribution is 1.92. The first-order chi connectivity index (χ1) is 6.02. The second-order valence-corrected chi connectivity index (χ2v) is 2.29. The molecule has 7 nitrogen and oxygen atoms in total. The molecule has 0 aliphatic heterocycles. The lowest BCUT2D eigenvalue weighted by atomic mass is 10.2. The minimum atomic E-state index is -1.36. The van der Waals surface area contributed by atoms with Crippen LogP contribution in [0.4, 0.5) is 0 Å². The number of aliphatic imine (C=N–C) groups is 1. The third-order valence-corrected chi connectivity index (χ3v) is 1.32. The molecule has 0 fully saturated rings. The number of hydrogen-bond acceptors (Lipinski definition) is 5. The van der Waals surface area contributed by atoms with Gasteiger partial charge in [-0.15, -0.1) is 0 Å². The smallest absolute Gasteiger partial charge is 0.351 e. The maximum absolute atomic E-state index is 10.3. The number of nitrogens with zero attached hydrogens (tertiary/aromatic N) is 1. The third-order valence-electron chi connectivity index (χ3n) is 1.32. The van der Waals surface area contributed by atoms with E-state index in [1.807, 2.05) is 0 Å². The summed E-state index contributed by atoms with van der Waals surface area (Å²) >= 11 is 0. The first kappa shape index (κ1) is 11.5. The number of carboxylic acids is 1. The van der Waals surface area contributed by atoms with Crippen LogP contribution < -0.4 is 17.2 Å². The molecule has 0 saturated carbocycles. The quantitative estimate of drug-likeness (QED) is 0.243. The van der Waals surface area contributed by atoms with E-state index in [2.05, 4.69) is 4.99 Å². The Balaban J connectivity index is 4.52. The number of carboxylic acid groups (broad SMARTS) is 1. The lowest BCUT2D eigenvalue weighted by molar-refractivity contribution is -0.129. The van der Waals surface area contributed by atoms with Gasteiger partial charge in [0.2, 0.25) is 0 Å². The zero-order chi connectivity index (χ0) is 10.4. The van der Waals surface area contributed by atoms with Gasteiger partial charge in [-0.3, -0.25) is 10.4 Å². The Hall–Kier alpha value is -1.47. The first-order valence-corrected chi connectivity index (χ1v) is 3.57. The number of rotatable bonds is 5. The summed E-state index contributed by atoms with van der Waals surface area (Å²) in [5, 5.41) is 15.5. The van der Waals surface area contributed by atoms with Crippen molar-refractivity contribution in [2.75, 3.05) is 13.1 Å². The fraction of sp³-hybridized carbons (Fsp3) is 0.500. The van der Waals surface area contributed by atoms with Crippen molar-refractivity contribution in [3.63, 3.8) is 0 Å². The van der Waals surface area contributed by atoms with Crippen molar-refractivity contribution in [2.24, 2.45) is 22.2 Å². The van der Waals surface area contributed by atoms with Crippen molar-refractivity contribution < 1.29 is 9.90 Å². The van der Waals surface area contributed by atoms with E-state index >= 15 is 0 Å². The van der Waals surface area contributed by atoms with Crippen LogP contribution >= 0.6 is 0 Å². The fourth-order valence-corrected chi connectivity index (χ4v) is 0.631. The molecule has 0 bridgehead atoms. The maximum atomic E-state index is 10.3. The van der Waals surface area contributed by atoms with Crippen LogP contribution in [0, 0.1) is 5.41 Å². The van der Waals surface area contributed by atoms with Crippen molar-refractivity contribution in [2.45, 2.75) is 6.04 Å². The van der Waals surface area contributed by atoms with Gasteiger partial charge in [-0.05, 0) is 0 Å². The van der Waals surface area contributed by atoms with Crippen molar-refractivity contribution in [1.82, 2.24) is 0 Å². The summed E-state index contributed by atoms with van der Waals surface area (Å²) in [4.78, 5) is 14.0. The Labute approximate surface area is 75.1 Å². The average molecular weight is 187 g/mol. The zero-order valence-corrected chi connectivity index (χ0v) is 7.03. The van der Waals surface area contributed by atoms with Gasteiger partial charge in [0.1, 0.15) is 17.6 Å². The molecule has 0 aromatic rings. The van der Waals surface area contributed by atoms with Gasteiger partial charge in [0.25, 0.3) is 0 Å². The van der Waals surface area contributed by atoms with E-state index in [1.165, 1.54) is 0 Å². The molecule has 0 aliphatic carbocycles. The van der Waals surface area contributed by atoms with Crippen molar-refractivity contribution >= 4 is 17.5 Å². The van der Waals surface area contributed by atoms with Crippen LogP contribution in [0.2, 0.25) is 0 Å². The normalized spacial score (nSPS) is 13.8. The van der Waals surface area contributed by atoms with Crippen LogP contribution in [0.5, 0.6) is 0 Å².